The average molecular weight is 373 g/mol. The van der Waals surface area contributed by atoms with Gasteiger partial charge in [0.25, 0.3) is 0 Å². The van der Waals surface area contributed by atoms with Gasteiger partial charge >= 0.3 is 0 Å². The zero-order chi connectivity index (χ0) is 18.8. The quantitative estimate of drug-likeness (QED) is 0.843. The van der Waals surface area contributed by atoms with Gasteiger partial charge in [-0.25, -0.2) is 4.98 Å². The number of nitrogens with zero attached hydrogens (tertiary/aromatic N) is 3. The molecule has 2 saturated heterocycles. The van der Waals surface area contributed by atoms with Gasteiger partial charge in [0, 0.05) is 32.8 Å². The molecule has 2 N–H and O–H groups in total. The lowest BCUT2D eigenvalue weighted by Crippen LogP contribution is -2.48. The van der Waals surface area contributed by atoms with Crippen LogP contribution in [0.15, 0.2) is 18.3 Å². The molecule has 3 aliphatic rings. The van der Waals surface area contributed by atoms with Crippen LogP contribution in [0.3, 0.4) is 0 Å². The Balaban J connectivity index is 1.35. The highest BCUT2D eigenvalue weighted by Crippen LogP contribution is 2.38. The Bertz CT molecular complexity index is 644. The van der Waals surface area contributed by atoms with Gasteiger partial charge in [-0.2, -0.15) is 0 Å². The minimum atomic E-state index is -0.435. The molecule has 1 saturated carbocycles. The van der Waals surface area contributed by atoms with Crippen LogP contribution < -0.4 is 10.2 Å². The van der Waals surface area contributed by atoms with E-state index >= 15 is 0 Å². The molecule has 0 unspecified atom stereocenters. The largest absolute Gasteiger partial charge is 0.391 e. The Morgan fingerprint density at radius 2 is 1.93 bits per heavy atom. The molecule has 0 spiro atoms. The number of likely N-dealkylation sites (tertiary alicyclic amines) is 1. The van der Waals surface area contributed by atoms with E-state index in [1.54, 1.807) is 0 Å². The van der Waals surface area contributed by atoms with Gasteiger partial charge in [0.05, 0.1) is 12.1 Å². The minimum Gasteiger partial charge on any atom is -0.391 e. The summed E-state index contributed by atoms with van der Waals surface area (Å²) in [5.74, 6) is 1.98. The summed E-state index contributed by atoms with van der Waals surface area (Å²) in [5.41, 5.74) is 1.29. The Labute approximate surface area is 161 Å². The maximum Gasteiger partial charge on any atom is 0.217 e. The van der Waals surface area contributed by atoms with Crippen molar-refractivity contribution in [2.24, 2.45) is 11.8 Å². The number of hydrogen-bond acceptors (Lipinski definition) is 5. The second kappa shape index (κ2) is 8.15. The number of anilines is 1. The number of carbonyl (C=O) groups is 1. The first-order chi connectivity index (χ1) is 13.1. The van der Waals surface area contributed by atoms with E-state index < -0.39 is 6.10 Å². The maximum atomic E-state index is 11.4. The van der Waals surface area contributed by atoms with E-state index in [4.69, 9.17) is 4.98 Å². The van der Waals surface area contributed by atoms with Crippen LogP contribution in [0.25, 0.3) is 0 Å². The molecule has 3 fully saturated rings. The molecule has 4 rings (SSSR count). The van der Waals surface area contributed by atoms with Gasteiger partial charge in [0.15, 0.2) is 0 Å². The van der Waals surface area contributed by atoms with Gasteiger partial charge in [-0.1, -0.05) is 12.5 Å². The van der Waals surface area contributed by atoms with E-state index in [2.05, 4.69) is 27.2 Å². The Hall–Kier alpha value is -1.66. The SMILES string of the molecule is CC(=O)N[C@@H]1C[C@@H]2CN(c3ccc(CN4CCCCC4)cn3)C[C@@H]2C[C@H]1O. The van der Waals surface area contributed by atoms with Crippen molar-refractivity contribution in [3.8, 4) is 0 Å². The fourth-order valence-corrected chi connectivity index (χ4v) is 5.11. The lowest BCUT2D eigenvalue weighted by molar-refractivity contribution is -0.121. The zero-order valence-corrected chi connectivity index (χ0v) is 16.3. The molecule has 27 heavy (non-hydrogen) atoms. The van der Waals surface area contributed by atoms with Gasteiger partial charge in [-0.15, -0.1) is 0 Å². The molecular formula is C21H32N4O2. The van der Waals surface area contributed by atoms with Crippen molar-refractivity contribution in [3.63, 3.8) is 0 Å². The van der Waals surface area contributed by atoms with Gasteiger partial charge in [-0.3, -0.25) is 9.69 Å². The fraction of sp³-hybridized carbons (Fsp3) is 0.714. The number of aliphatic hydroxyl groups excluding tert-OH is 1. The van der Waals surface area contributed by atoms with E-state index in [0.29, 0.717) is 11.8 Å². The van der Waals surface area contributed by atoms with Gasteiger partial charge in [-0.05, 0) is 62.2 Å². The molecule has 0 aromatic carbocycles. The molecular weight excluding hydrogens is 340 g/mol. The summed E-state index contributed by atoms with van der Waals surface area (Å²) >= 11 is 0. The number of rotatable bonds is 4. The van der Waals surface area contributed by atoms with Crippen LogP contribution in [-0.4, -0.2) is 59.2 Å². The molecule has 0 radical (unpaired) electrons. The van der Waals surface area contributed by atoms with Crippen molar-refractivity contribution < 1.29 is 9.90 Å². The first kappa shape index (κ1) is 18.7. The standard InChI is InChI=1S/C21H32N4O2/c1-15(26)23-19-9-17-13-25(14-18(17)10-20(19)27)21-6-5-16(11-22-21)12-24-7-3-2-4-8-24/h5-6,11,17-20,27H,2-4,7-10,12-14H2,1H3,(H,23,26)/t17-,18+,19-,20-/m1/s1. The van der Waals surface area contributed by atoms with Gasteiger partial charge in [0.1, 0.15) is 5.82 Å². The molecule has 1 aromatic heterocycles. The van der Waals surface area contributed by atoms with Crippen molar-refractivity contribution in [1.82, 2.24) is 15.2 Å². The second-order valence-corrected chi connectivity index (χ2v) is 8.63. The number of fused-ring (bicyclic) bond motifs is 1. The Kier molecular flexibility index (Phi) is 5.64. The Morgan fingerprint density at radius 1 is 1.19 bits per heavy atom. The van der Waals surface area contributed by atoms with E-state index in [9.17, 15) is 9.90 Å². The predicted molar refractivity (Wildman–Crippen MR) is 105 cm³/mol. The topological polar surface area (TPSA) is 68.7 Å². The number of hydrogen-bond donors (Lipinski definition) is 2. The number of aromatic nitrogens is 1. The Morgan fingerprint density at radius 3 is 2.59 bits per heavy atom. The molecule has 1 amide bonds. The molecule has 6 heteroatoms. The minimum absolute atomic E-state index is 0.0571. The molecule has 148 valence electrons. The predicted octanol–water partition coefficient (Wildman–Crippen LogP) is 1.78. The third-order valence-electron chi connectivity index (χ3n) is 6.52. The summed E-state index contributed by atoms with van der Waals surface area (Å²) in [6, 6.07) is 4.26. The highest BCUT2D eigenvalue weighted by atomic mass is 16.3. The van der Waals surface area contributed by atoms with Crippen LogP contribution >= 0.6 is 0 Å². The highest BCUT2D eigenvalue weighted by Gasteiger charge is 2.42. The number of nitrogens with one attached hydrogen (secondary N) is 1. The molecule has 3 heterocycles. The van der Waals surface area contributed by atoms with E-state index in [-0.39, 0.29) is 11.9 Å². The van der Waals surface area contributed by atoms with Crippen LogP contribution in [0, 0.1) is 11.8 Å². The lowest BCUT2D eigenvalue weighted by atomic mass is 9.77. The molecule has 0 bridgehead atoms. The number of carbonyl (C=O) groups excluding carboxylic acids is 1. The first-order valence-electron chi connectivity index (χ1n) is 10.5. The van der Waals surface area contributed by atoms with Crippen molar-refractivity contribution in [1.29, 1.82) is 0 Å². The lowest BCUT2D eigenvalue weighted by Gasteiger charge is -2.35. The monoisotopic (exact) mass is 372 g/mol. The van der Waals surface area contributed by atoms with Crippen LogP contribution in [0.4, 0.5) is 5.82 Å². The second-order valence-electron chi connectivity index (χ2n) is 8.63. The molecule has 2 aliphatic heterocycles. The van der Waals surface area contributed by atoms with Crippen LogP contribution in [0.5, 0.6) is 0 Å². The highest BCUT2D eigenvalue weighted by molar-refractivity contribution is 5.73. The van der Waals surface area contributed by atoms with Crippen molar-refractivity contribution in [2.75, 3.05) is 31.1 Å². The maximum absolute atomic E-state index is 11.4. The third kappa shape index (κ3) is 4.43. The third-order valence-corrected chi connectivity index (χ3v) is 6.52. The summed E-state index contributed by atoms with van der Waals surface area (Å²) in [7, 11) is 0. The number of amides is 1. The van der Waals surface area contributed by atoms with E-state index in [1.165, 1.54) is 44.8 Å². The normalized spacial score (nSPS) is 31.6. The number of aliphatic hydroxyl groups is 1. The number of piperidine rings is 1. The smallest absolute Gasteiger partial charge is 0.217 e. The van der Waals surface area contributed by atoms with Gasteiger partial charge in [0.2, 0.25) is 5.91 Å². The molecule has 1 aliphatic carbocycles. The summed E-state index contributed by atoms with van der Waals surface area (Å²) < 4.78 is 0. The molecule has 6 nitrogen and oxygen atoms in total. The first-order valence-corrected chi connectivity index (χ1v) is 10.5. The summed E-state index contributed by atoms with van der Waals surface area (Å²) in [4.78, 5) is 21.0. The molecule has 4 atom stereocenters. The fourth-order valence-electron chi connectivity index (χ4n) is 5.11. The van der Waals surface area contributed by atoms with Crippen molar-refractivity contribution >= 4 is 11.7 Å². The summed E-state index contributed by atoms with van der Waals surface area (Å²) in [6.07, 6.45) is 7.20. The van der Waals surface area contributed by atoms with Crippen LogP contribution in [0.1, 0.15) is 44.6 Å². The average Bonchev–Trinajstić information content (AvgIpc) is 3.06. The van der Waals surface area contributed by atoms with Crippen LogP contribution in [-0.2, 0) is 11.3 Å². The zero-order valence-electron chi connectivity index (χ0n) is 16.3. The summed E-state index contributed by atoms with van der Waals surface area (Å²) in [5, 5.41) is 13.3. The van der Waals surface area contributed by atoms with Crippen molar-refractivity contribution in [3.05, 3.63) is 23.9 Å². The van der Waals surface area contributed by atoms with Crippen molar-refractivity contribution in [2.45, 2.75) is 57.7 Å². The number of pyridine rings is 1. The van der Waals surface area contributed by atoms with E-state index in [0.717, 1.165) is 38.3 Å². The van der Waals surface area contributed by atoms with Crippen LogP contribution in [0.2, 0.25) is 0 Å². The van der Waals surface area contributed by atoms with Gasteiger partial charge < -0.3 is 15.3 Å². The molecule has 1 aromatic rings. The summed E-state index contributed by atoms with van der Waals surface area (Å²) in [6.45, 7) is 6.85. The van der Waals surface area contributed by atoms with E-state index in [1.807, 2.05) is 6.20 Å².